The standard InChI is InChI=1S/C12H12BrClN2/c13-11-8-2-1-3-9(14)12(8)16-10(11)6-15-7-4-5-7/h1-3,7,15-16H,4-6H2. The Hall–Kier alpha value is -0.510. The molecule has 0 spiro atoms. The molecule has 0 bridgehead atoms. The Morgan fingerprint density at radius 3 is 2.94 bits per heavy atom. The Morgan fingerprint density at radius 2 is 2.25 bits per heavy atom. The minimum atomic E-state index is 0.716. The van der Waals surface area contributed by atoms with E-state index in [1.165, 1.54) is 18.5 Å². The van der Waals surface area contributed by atoms with Crippen LogP contribution >= 0.6 is 27.5 Å². The number of nitrogens with one attached hydrogen (secondary N) is 2. The molecule has 1 saturated carbocycles. The molecule has 16 heavy (non-hydrogen) atoms. The van der Waals surface area contributed by atoms with Gasteiger partial charge in [0.2, 0.25) is 0 Å². The molecule has 1 aromatic heterocycles. The van der Waals surface area contributed by atoms with Gasteiger partial charge in [0.25, 0.3) is 0 Å². The van der Waals surface area contributed by atoms with Crippen molar-refractivity contribution >= 4 is 38.4 Å². The molecule has 3 rings (SSSR count). The van der Waals surface area contributed by atoms with E-state index in [-0.39, 0.29) is 0 Å². The van der Waals surface area contributed by atoms with E-state index in [9.17, 15) is 0 Å². The molecule has 0 amide bonds. The third kappa shape index (κ3) is 1.88. The summed E-state index contributed by atoms with van der Waals surface area (Å²) in [5, 5.41) is 5.42. The van der Waals surface area contributed by atoms with Gasteiger partial charge in [-0.05, 0) is 34.8 Å². The SMILES string of the molecule is Clc1cccc2c(Br)c(CNC3CC3)[nH]c12. The minimum absolute atomic E-state index is 0.716. The molecule has 2 nitrogen and oxygen atoms in total. The predicted octanol–water partition coefficient (Wildman–Crippen LogP) is 3.84. The first-order valence-electron chi connectivity index (χ1n) is 5.43. The average molecular weight is 300 g/mol. The molecule has 2 N–H and O–H groups in total. The minimum Gasteiger partial charge on any atom is -0.355 e. The molecule has 0 unspecified atom stereocenters. The van der Waals surface area contributed by atoms with Crippen LogP contribution in [-0.4, -0.2) is 11.0 Å². The van der Waals surface area contributed by atoms with Gasteiger partial charge in [-0.3, -0.25) is 0 Å². The lowest BCUT2D eigenvalue weighted by molar-refractivity contribution is 0.676. The van der Waals surface area contributed by atoms with Crippen LogP contribution < -0.4 is 5.32 Å². The van der Waals surface area contributed by atoms with Gasteiger partial charge < -0.3 is 10.3 Å². The van der Waals surface area contributed by atoms with E-state index in [0.717, 1.165) is 26.9 Å². The van der Waals surface area contributed by atoms with Gasteiger partial charge in [0.05, 0.1) is 10.5 Å². The van der Waals surface area contributed by atoms with Crippen molar-refractivity contribution in [2.75, 3.05) is 0 Å². The van der Waals surface area contributed by atoms with Crippen LogP contribution in [0.5, 0.6) is 0 Å². The molecule has 4 heteroatoms. The first-order valence-corrected chi connectivity index (χ1v) is 6.61. The fourth-order valence-electron chi connectivity index (χ4n) is 1.86. The van der Waals surface area contributed by atoms with Crippen LogP contribution in [0.2, 0.25) is 5.02 Å². The Kier molecular flexibility index (Phi) is 2.70. The molecule has 0 saturated heterocycles. The van der Waals surface area contributed by atoms with Crippen LogP contribution in [0.1, 0.15) is 18.5 Å². The number of aromatic amines is 1. The third-order valence-corrected chi connectivity index (χ3v) is 4.16. The lowest BCUT2D eigenvalue weighted by Gasteiger charge is -2.00. The number of rotatable bonds is 3. The van der Waals surface area contributed by atoms with Crippen molar-refractivity contribution in [3.63, 3.8) is 0 Å². The summed E-state index contributed by atoms with van der Waals surface area (Å²) in [6.45, 7) is 0.871. The highest BCUT2D eigenvalue weighted by Crippen LogP contribution is 2.32. The second kappa shape index (κ2) is 4.06. The Morgan fingerprint density at radius 1 is 1.44 bits per heavy atom. The first-order chi connectivity index (χ1) is 7.75. The second-order valence-corrected chi connectivity index (χ2v) is 5.44. The normalized spacial score (nSPS) is 15.9. The highest BCUT2D eigenvalue weighted by Gasteiger charge is 2.21. The quantitative estimate of drug-likeness (QED) is 0.885. The maximum absolute atomic E-state index is 6.14. The third-order valence-electron chi connectivity index (χ3n) is 2.94. The topological polar surface area (TPSA) is 27.8 Å². The average Bonchev–Trinajstić information content (AvgIpc) is 3.04. The van der Waals surface area contributed by atoms with Crippen molar-refractivity contribution in [1.29, 1.82) is 0 Å². The van der Waals surface area contributed by atoms with E-state index in [1.54, 1.807) is 0 Å². The molecule has 1 heterocycles. The van der Waals surface area contributed by atoms with Gasteiger partial charge >= 0.3 is 0 Å². The van der Waals surface area contributed by atoms with E-state index in [0.29, 0.717) is 6.04 Å². The van der Waals surface area contributed by atoms with E-state index in [1.807, 2.05) is 12.1 Å². The highest BCUT2D eigenvalue weighted by molar-refractivity contribution is 9.10. The van der Waals surface area contributed by atoms with Crippen LogP contribution in [0.25, 0.3) is 10.9 Å². The van der Waals surface area contributed by atoms with E-state index < -0.39 is 0 Å². The van der Waals surface area contributed by atoms with Crippen LogP contribution in [-0.2, 0) is 6.54 Å². The molecule has 0 radical (unpaired) electrons. The zero-order valence-electron chi connectivity index (χ0n) is 8.69. The van der Waals surface area contributed by atoms with E-state index in [2.05, 4.69) is 32.3 Å². The maximum atomic E-state index is 6.14. The summed E-state index contributed by atoms with van der Waals surface area (Å²) in [6.07, 6.45) is 2.61. The second-order valence-electron chi connectivity index (χ2n) is 4.24. The fraction of sp³-hybridized carbons (Fsp3) is 0.333. The number of fused-ring (bicyclic) bond motifs is 1. The van der Waals surface area contributed by atoms with Gasteiger partial charge in [-0.15, -0.1) is 0 Å². The van der Waals surface area contributed by atoms with Gasteiger partial charge in [0, 0.05) is 28.1 Å². The number of halogens is 2. The summed E-state index contributed by atoms with van der Waals surface area (Å²) in [4.78, 5) is 3.37. The summed E-state index contributed by atoms with van der Waals surface area (Å²) in [7, 11) is 0. The lowest BCUT2D eigenvalue weighted by Crippen LogP contribution is -2.15. The number of H-pyrrole nitrogens is 1. The Balaban J connectivity index is 1.97. The summed E-state index contributed by atoms with van der Waals surface area (Å²) in [5.74, 6) is 0. The van der Waals surface area contributed by atoms with Crippen LogP contribution in [0.15, 0.2) is 22.7 Å². The van der Waals surface area contributed by atoms with Crippen molar-refractivity contribution in [1.82, 2.24) is 10.3 Å². The molecule has 1 aliphatic rings. The fourth-order valence-corrected chi connectivity index (χ4v) is 2.65. The molecule has 1 aliphatic carbocycles. The first kappa shape index (κ1) is 10.6. The van der Waals surface area contributed by atoms with Crippen LogP contribution in [0, 0.1) is 0 Å². The Labute approximate surface area is 107 Å². The molecule has 0 atom stereocenters. The molecule has 1 fully saturated rings. The van der Waals surface area contributed by atoms with Gasteiger partial charge in [0.15, 0.2) is 0 Å². The van der Waals surface area contributed by atoms with Gasteiger partial charge in [-0.25, -0.2) is 0 Å². The number of benzene rings is 1. The zero-order valence-corrected chi connectivity index (χ0v) is 11.0. The highest BCUT2D eigenvalue weighted by atomic mass is 79.9. The summed E-state index contributed by atoms with van der Waals surface area (Å²) < 4.78 is 1.12. The lowest BCUT2D eigenvalue weighted by atomic mass is 10.2. The summed E-state index contributed by atoms with van der Waals surface area (Å²) >= 11 is 9.77. The van der Waals surface area contributed by atoms with Gasteiger partial charge in [-0.1, -0.05) is 23.7 Å². The monoisotopic (exact) mass is 298 g/mol. The van der Waals surface area contributed by atoms with Crippen molar-refractivity contribution in [3.8, 4) is 0 Å². The summed E-state index contributed by atoms with van der Waals surface area (Å²) in [5.41, 5.74) is 2.19. The predicted molar refractivity (Wildman–Crippen MR) is 70.9 cm³/mol. The van der Waals surface area contributed by atoms with Crippen LogP contribution in [0.3, 0.4) is 0 Å². The van der Waals surface area contributed by atoms with Crippen molar-refractivity contribution in [2.24, 2.45) is 0 Å². The van der Waals surface area contributed by atoms with Crippen molar-refractivity contribution < 1.29 is 0 Å². The molecular formula is C12H12BrClN2. The number of para-hydroxylation sites is 1. The smallest absolute Gasteiger partial charge is 0.0657 e. The largest absolute Gasteiger partial charge is 0.355 e. The molecular weight excluding hydrogens is 288 g/mol. The molecule has 84 valence electrons. The number of hydrogen-bond donors (Lipinski definition) is 2. The van der Waals surface area contributed by atoms with Gasteiger partial charge in [0.1, 0.15) is 0 Å². The zero-order chi connectivity index (χ0) is 11.1. The summed E-state index contributed by atoms with van der Waals surface area (Å²) in [6, 6.07) is 6.67. The van der Waals surface area contributed by atoms with Crippen LogP contribution in [0.4, 0.5) is 0 Å². The maximum Gasteiger partial charge on any atom is 0.0657 e. The van der Waals surface area contributed by atoms with Gasteiger partial charge in [-0.2, -0.15) is 0 Å². The van der Waals surface area contributed by atoms with Crippen molar-refractivity contribution in [3.05, 3.63) is 33.4 Å². The Bertz CT molecular complexity index is 531. The molecule has 1 aromatic carbocycles. The molecule has 2 aromatic rings. The van der Waals surface area contributed by atoms with E-state index >= 15 is 0 Å². The number of hydrogen-bond acceptors (Lipinski definition) is 1. The van der Waals surface area contributed by atoms with E-state index in [4.69, 9.17) is 11.6 Å². The molecule has 0 aliphatic heterocycles. The van der Waals surface area contributed by atoms with Crippen molar-refractivity contribution in [2.45, 2.75) is 25.4 Å². The number of aromatic nitrogens is 1.